The molecule has 1 fully saturated rings. The van der Waals surface area contributed by atoms with Crippen LogP contribution in [0.2, 0.25) is 4.34 Å². The van der Waals surface area contributed by atoms with Gasteiger partial charge in [0.15, 0.2) is 0 Å². The third-order valence-electron chi connectivity index (χ3n) is 4.00. The van der Waals surface area contributed by atoms with Crippen molar-refractivity contribution in [1.29, 1.82) is 0 Å². The molecule has 2 aliphatic carbocycles. The van der Waals surface area contributed by atoms with Crippen LogP contribution >= 0.6 is 22.9 Å². The van der Waals surface area contributed by atoms with Crippen LogP contribution in [0.3, 0.4) is 0 Å². The van der Waals surface area contributed by atoms with E-state index in [0.717, 1.165) is 36.6 Å². The summed E-state index contributed by atoms with van der Waals surface area (Å²) >= 11 is 7.82. The molecule has 0 saturated heterocycles. The normalized spacial score (nSPS) is 21.6. The smallest absolute Gasteiger partial charge is 0.220 e. The van der Waals surface area contributed by atoms with Gasteiger partial charge in [0.25, 0.3) is 0 Å². The molecule has 1 amide bonds. The molecule has 1 saturated carbocycles. The quantitative estimate of drug-likeness (QED) is 0.790. The first kappa shape index (κ1) is 14.4. The fourth-order valence-corrected chi connectivity index (χ4v) is 4.17. The molecule has 1 aromatic rings. The Morgan fingerprint density at radius 3 is 3.05 bits per heavy atom. The maximum Gasteiger partial charge on any atom is 0.220 e. The molecule has 3 rings (SSSR count). The molecule has 5 heteroatoms. The first-order valence-electron chi connectivity index (χ1n) is 7.53. The summed E-state index contributed by atoms with van der Waals surface area (Å²) in [7, 11) is 0. The summed E-state index contributed by atoms with van der Waals surface area (Å²) < 4.78 is 0.896. The number of halogens is 1. The fraction of sp³-hybridized carbons (Fsp3) is 0.667. The summed E-state index contributed by atoms with van der Waals surface area (Å²) in [4.78, 5) is 13.0. The first-order valence-corrected chi connectivity index (χ1v) is 8.72. The van der Waals surface area contributed by atoms with Crippen molar-refractivity contribution in [2.75, 3.05) is 6.54 Å². The molecule has 1 atom stereocenters. The van der Waals surface area contributed by atoms with E-state index in [1.807, 2.05) is 0 Å². The number of aryl methyl sites for hydroxylation is 1. The van der Waals surface area contributed by atoms with E-state index in [9.17, 15) is 4.79 Å². The Labute approximate surface area is 129 Å². The first-order chi connectivity index (χ1) is 9.72. The minimum atomic E-state index is 0.206. The highest BCUT2D eigenvalue weighted by molar-refractivity contribution is 7.16. The van der Waals surface area contributed by atoms with Crippen molar-refractivity contribution >= 4 is 28.8 Å². The van der Waals surface area contributed by atoms with Gasteiger partial charge in [-0.2, -0.15) is 0 Å². The predicted octanol–water partition coefficient (Wildman–Crippen LogP) is 3.43. The largest absolute Gasteiger partial charge is 0.353 e. The molecule has 0 aromatic carbocycles. The minimum absolute atomic E-state index is 0.206. The number of nitrogens with one attached hydrogen (secondary N) is 2. The van der Waals surface area contributed by atoms with E-state index in [1.165, 1.54) is 23.3 Å². The zero-order valence-electron chi connectivity index (χ0n) is 11.6. The van der Waals surface area contributed by atoms with Crippen LogP contribution in [-0.4, -0.2) is 18.5 Å². The molecular weight excluding hydrogens is 292 g/mol. The Morgan fingerprint density at radius 1 is 1.40 bits per heavy atom. The average molecular weight is 313 g/mol. The van der Waals surface area contributed by atoms with Crippen LogP contribution in [0.4, 0.5) is 0 Å². The number of hydrogen-bond acceptors (Lipinski definition) is 3. The van der Waals surface area contributed by atoms with Crippen molar-refractivity contribution in [2.24, 2.45) is 0 Å². The van der Waals surface area contributed by atoms with E-state index in [2.05, 4.69) is 16.7 Å². The molecule has 1 heterocycles. The lowest BCUT2D eigenvalue weighted by molar-refractivity contribution is -0.121. The summed E-state index contributed by atoms with van der Waals surface area (Å²) in [5.74, 6) is 0.206. The van der Waals surface area contributed by atoms with Crippen LogP contribution in [0.5, 0.6) is 0 Å². The van der Waals surface area contributed by atoms with Gasteiger partial charge in [-0.25, -0.2) is 0 Å². The maximum absolute atomic E-state index is 11.6. The summed E-state index contributed by atoms with van der Waals surface area (Å²) in [6.07, 6.45) is 7.42. The molecule has 2 N–H and O–H groups in total. The van der Waals surface area contributed by atoms with Crippen molar-refractivity contribution in [1.82, 2.24) is 10.6 Å². The van der Waals surface area contributed by atoms with Crippen LogP contribution in [0.25, 0.3) is 0 Å². The van der Waals surface area contributed by atoms with Gasteiger partial charge in [-0.15, -0.1) is 11.3 Å². The van der Waals surface area contributed by atoms with Gasteiger partial charge in [-0.05, 0) is 56.7 Å². The minimum Gasteiger partial charge on any atom is -0.353 e. The van der Waals surface area contributed by atoms with Gasteiger partial charge < -0.3 is 10.6 Å². The van der Waals surface area contributed by atoms with E-state index >= 15 is 0 Å². The number of carbonyl (C=O) groups excluding carboxylic acids is 1. The lowest BCUT2D eigenvalue weighted by atomic mass is 9.94. The van der Waals surface area contributed by atoms with E-state index in [1.54, 1.807) is 11.3 Å². The molecule has 0 radical (unpaired) electrons. The molecule has 110 valence electrons. The Balaban J connectivity index is 1.41. The van der Waals surface area contributed by atoms with Crippen LogP contribution < -0.4 is 10.6 Å². The molecule has 0 spiro atoms. The average Bonchev–Trinajstić information content (AvgIpc) is 3.13. The van der Waals surface area contributed by atoms with Crippen molar-refractivity contribution in [3.63, 3.8) is 0 Å². The molecule has 0 bridgehead atoms. The van der Waals surface area contributed by atoms with Gasteiger partial charge in [-0.1, -0.05) is 11.6 Å². The van der Waals surface area contributed by atoms with Gasteiger partial charge in [-0.3, -0.25) is 4.79 Å². The zero-order chi connectivity index (χ0) is 13.9. The Bertz CT molecular complexity index is 484. The number of fused-ring (bicyclic) bond motifs is 1. The molecule has 20 heavy (non-hydrogen) atoms. The van der Waals surface area contributed by atoms with Crippen molar-refractivity contribution < 1.29 is 4.79 Å². The lowest BCUT2D eigenvalue weighted by Gasteiger charge is -2.23. The predicted molar refractivity (Wildman–Crippen MR) is 83.4 cm³/mol. The second-order valence-electron chi connectivity index (χ2n) is 5.77. The highest BCUT2D eigenvalue weighted by Crippen LogP contribution is 2.37. The van der Waals surface area contributed by atoms with E-state index in [-0.39, 0.29) is 5.91 Å². The second kappa shape index (κ2) is 6.46. The molecule has 1 aromatic heterocycles. The van der Waals surface area contributed by atoms with Gasteiger partial charge in [0.1, 0.15) is 0 Å². The Morgan fingerprint density at radius 2 is 2.25 bits per heavy atom. The van der Waals surface area contributed by atoms with Crippen molar-refractivity contribution in [2.45, 2.75) is 57.0 Å². The SMILES string of the molecule is O=C(CCCNC1CCCc2sc(Cl)cc21)NC1CC1. The summed E-state index contributed by atoms with van der Waals surface area (Å²) in [5, 5.41) is 6.61. The summed E-state index contributed by atoms with van der Waals surface area (Å²) in [6.45, 7) is 0.898. The van der Waals surface area contributed by atoms with Gasteiger partial charge in [0.05, 0.1) is 4.34 Å². The number of carbonyl (C=O) groups is 1. The summed E-state index contributed by atoms with van der Waals surface area (Å²) in [5.41, 5.74) is 1.38. The van der Waals surface area contributed by atoms with E-state index in [0.29, 0.717) is 18.5 Å². The van der Waals surface area contributed by atoms with Crippen LogP contribution in [0, 0.1) is 0 Å². The van der Waals surface area contributed by atoms with Gasteiger partial charge in [0.2, 0.25) is 5.91 Å². The van der Waals surface area contributed by atoms with E-state index < -0.39 is 0 Å². The topological polar surface area (TPSA) is 41.1 Å². The highest BCUT2D eigenvalue weighted by atomic mass is 35.5. The van der Waals surface area contributed by atoms with Gasteiger partial charge >= 0.3 is 0 Å². The second-order valence-corrected chi connectivity index (χ2v) is 7.54. The summed E-state index contributed by atoms with van der Waals surface area (Å²) in [6, 6.07) is 3.01. The molecule has 3 nitrogen and oxygen atoms in total. The number of hydrogen-bond donors (Lipinski definition) is 2. The molecule has 2 aliphatic rings. The number of rotatable bonds is 6. The molecule has 1 unspecified atom stereocenters. The third kappa shape index (κ3) is 3.74. The van der Waals surface area contributed by atoms with Crippen LogP contribution in [-0.2, 0) is 11.2 Å². The molecular formula is C15H21ClN2OS. The third-order valence-corrected chi connectivity index (χ3v) is 5.34. The lowest BCUT2D eigenvalue weighted by Crippen LogP contribution is -2.28. The Hall–Kier alpha value is -0.580. The van der Waals surface area contributed by atoms with Gasteiger partial charge in [0, 0.05) is 23.4 Å². The highest BCUT2D eigenvalue weighted by Gasteiger charge is 2.23. The number of amides is 1. The van der Waals surface area contributed by atoms with Crippen LogP contribution in [0.15, 0.2) is 6.07 Å². The van der Waals surface area contributed by atoms with Crippen LogP contribution in [0.1, 0.15) is 55.0 Å². The monoisotopic (exact) mass is 312 g/mol. The fourth-order valence-electron chi connectivity index (χ4n) is 2.79. The van der Waals surface area contributed by atoms with E-state index in [4.69, 9.17) is 11.6 Å². The maximum atomic E-state index is 11.6. The number of thiophene rings is 1. The standard InChI is InChI=1S/C15H21ClN2OS/c16-14-9-11-12(3-1-4-13(11)20-14)17-8-2-5-15(19)18-10-6-7-10/h9-10,12,17H,1-8H2,(H,18,19). The van der Waals surface area contributed by atoms with Crippen molar-refractivity contribution in [3.05, 3.63) is 20.8 Å². The molecule has 0 aliphatic heterocycles. The van der Waals surface area contributed by atoms with Crippen molar-refractivity contribution in [3.8, 4) is 0 Å². The zero-order valence-corrected chi connectivity index (χ0v) is 13.2. The Kier molecular flexibility index (Phi) is 4.64.